The first-order valence-electron chi connectivity index (χ1n) is 7.15. The van der Waals surface area contributed by atoms with Gasteiger partial charge in [0, 0.05) is 19.3 Å². The molecule has 4 nitrogen and oxygen atoms in total. The Kier molecular flexibility index (Phi) is 5.73. The van der Waals surface area contributed by atoms with Gasteiger partial charge in [-0.3, -0.25) is 9.48 Å². The summed E-state index contributed by atoms with van der Waals surface area (Å²) in [5.41, 5.74) is 0.175. The molecule has 1 aromatic heterocycles. The molecule has 108 valence electrons. The molecule has 1 atom stereocenters. The molecule has 0 saturated carbocycles. The molecule has 0 radical (unpaired) electrons. The highest BCUT2D eigenvalue weighted by Gasteiger charge is 2.34. The van der Waals surface area contributed by atoms with Crippen LogP contribution in [0.15, 0.2) is 12.3 Å². The van der Waals surface area contributed by atoms with Crippen LogP contribution in [0.4, 0.5) is 0 Å². The lowest BCUT2D eigenvalue weighted by Gasteiger charge is -2.28. The summed E-state index contributed by atoms with van der Waals surface area (Å²) in [7, 11) is 1.61. The maximum Gasteiger partial charge on any atom is 0.170 e. The zero-order chi connectivity index (χ0) is 14.5. The highest BCUT2D eigenvalue weighted by Crippen LogP contribution is 2.22. The second-order valence-corrected chi connectivity index (χ2v) is 5.05. The van der Waals surface area contributed by atoms with Crippen molar-refractivity contribution in [2.75, 3.05) is 7.11 Å². The highest BCUT2D eigenvalue weighted by atomic mass is 16.5. The quantitative estimate of drug-likeness (QED) is 0.726. The van der Waals surface area contributed by atoms with Crippen LogP contribution >= 0.6 is 0 Å². The standard InChI is InChI=1S/C15H26N2O2/c1-6-12(4)17-10-9-13(16-17)11-14(18)15(7-2,8-3)19-5/h9-10,12H,6-8,11H2,1-5H3. The van der Waals surface area contributed by atoms with Crippen LogP contribution in [-0.4, -0.2) is 28.3 Å². The number of ketones is 1. The summed E-state index contributed by atoms with van der Waals surface area (Å²) in [6.07, 6.45) is 4.72. The van der Waals surface area contributed by atoms with E-state index in [1.807, 2.05) is 30.8 Å². The van der Waals surface area contributed by atoms with Crippen molar-refractivity contribution in [3.05, 3.63) is 18.0 Å². The molecule has 0 bridgehead atoms. The summed E-state index contributed by atoms with van der Waals surface area (Å²) in [6.45, 7) is 8.22. The minimum atomic E-state index is -0.653. The fourth-order valence-electron chi connectivity index (χ4n) is 2.28. The number of rotatable bonds is 8. The third-order valence-electron chi connectivity index (χ3n) is 4.09. The van der Waals surface area contributed by atoms with Gasteiger partial charge >= 0.3 is 0 Å². The number of nitrogens with zero attached hydrogens (tertiary/aromatic N) is 2. The van der Waals surface area contributed by atoms with E-state index in [2.05, 4.69) is 18.9 Å². The van der Waals surface area contributed by atoms with Crippen molar-refractivity contribution in [3.8, 4) is 0 Å². The molecule has 1 aromatic rings. The van der Waals surface area contributed by atoms with E-state index in [9.17, 15) is 4.79 Å². The Bertz CT molecular complexity index is 400. The zero-order valence-electron chi connectivity index (χ0n) is 12.8. The van der Waals surface area contributed by atoms with Gasteiger partial charge in [-0.25, -0.2) is 0 Å². The van der Waals surface area contributed by atoms with E-state index in [4.69, 9.17) is 4.74 Å². The lowest BCUT2D eigenvalue weighted by atomic mass is 9.89. The lowest BCUT2D eigenvalue weighted by molar-refractivity contribution is -0.141. The molecule has 0 aliphatic rings. The van der Waals surface area contributed by atoms with Crippen molar-refractivity contribution in [3.63, 3.8) is 0 Å². The van der Waals surface area contributed by atoms with Gasteiger partial charge in [-0.1, -0.05) is 20.8 Å². The summed E-state index contributed by atoms with van der Waals surface area (Å²) in [6, 6.07) is 2.30. The summed E-state index contributed by atoms with van der Waals surface area (Å²) >= 11 is 0. The van der Waals surface area contributed by atoms with Crippen LogP contribution in [0.2, 0.25) is 0 Å². The molecule has 1 rings (SSSR count). The van der Waals surface area contributed by atoms with Crippen LogP contribution in [0, 0.1) is 0 Å². The maximum absolute atomic E-state index is 12.4. The van der Waals surface area contributed by atoms with E-state index in [1.165, 1.54) is 0 Å². The average molecular weight is 266 g/mol. The first-order valence-corrected chi connectivity index (χ1v) is 7.15. The van der Waals surface area contributed by atoms with Crippen molar-refractivity contribution in [1.82, 2.24) is 9.78 Å². The molecule has 0 aromatic carbocycles. The van der Waals surface area contributed by atoms with Crippen molar-refractivity contribution in [2.24, 2.45) is 0 Å². The molecular weight excluding hydrogens is 240 g/mol. The number of Topliss-reactive ketones (excluding diaryl/α,β-unsaturated/α-hetero) is 1. The molecule has 0 amide bonds. The summed E-state index contributed by atoms with van der Waals surface area (Å²) in [5, 5.41) is 4.48. The number of hydrogen-bond acceptors (Lipinski definition) is 3. The van der Waals surface area contributed by atoms with E-state index in [0.717, 1.165) is 12.1 Å². The van der Waals surface area contributed by atoms with Gasteiger partial charge in [0.15, 0.2) is 5.78 Å². The van der Waals surface area contributed by atoms with E-state index in [0.29, 0.717) is 25.3 Å². The molecule has 19 heavy (non-hydrogen) atoms. The summed E-state index contributed by atoms with van der Waals surface area (Å²) < 4.78 is 7.39. The number of aromatic nitrogens is 2. The molecule has 1 heterocycles. The normalized spacial score (nSPS) is 13.5. The fraction of sp³-hybridized carbons (Fsp3) is 0.733. The fourth-order valence-corrected chi connectivity index (χ4v) is 2.28. The largest absolute Gasteiger partial charge is 0.370 e. The minimum absolute atomic E-state index is 0.120. The zero-order valence-corrected chi connectivity index (χ0v) is 12.8. The molecule has 0 spiro atoms. The topological polar surface area (TPSA) is 44.1 Å². The van der Waals surface area contributed by atoms with Crippen LogP contribution < -0.4 is 0 Å². The number of carbonyl (C=O) groups excluding carboxylic acids is 1. The number of carbonyl (C=O) groups is 1. The first-order chi connectivity index (χ1) is 9.02. The van der Waals surface area contributed by atoms with Crippen LogP contribution in [0.5, 0.6) is 0 Å². The van der Waals surface area contributed by atoms with E-state index < -0.39 is 5.60 Å². The number of methoxy groups -OCH3 is 1. The Labute approximate surface area is 116 Å². The Balaban J connectivity index is 2.79. The number of hydrogen-bond donors (Lipinski definition) is 0. The van der Waals surface area contributed by atoms with Gasteiger partial charge in [0.05, 0.1) is 12.1 Å². The Morgan fingerprint density at radius 2 is 2.05 bits per heavy atom. The van der Waals surface area contributed by atoms with Gasteiger partial charge in [0.2, 0.25) is 0 Å². The lowest BCUT2D eigenvalue weighted by Crippen LogP contribution is -2.40. The predicted molar refractivity (Wildman–Crippen MR) is 76.3 cm³/mol. The molecule has 1 unspecified atom stereocenters. The minimum Gasteiger partial charge on any atom is -0.370 e. The first kappa shape index (κ1) is 15.9. The van der Waals surface area contributed by atoms with Crippen molar-refractivity contribution >= 4 is 5.78 Å². The van der Waals surface area contributed by atoms with Gasteiger partial charge in [0.25, 0.3) is 0 Å². The molecule has 0 N–H and O–H groups in total. The summed E-state index contributed by atoms with van der Waals surface area (Å²) in [5.74, 6) is 0.120. The van der Waals surface area contributed by atoms with E-state index in [1.54, 1.807) is 7.11 Å². The maximum atomic E-state index is 12.4. The van der Waals surface area contributed by atoms with E-state index >= 15 is 0 Å². The van der Waals surface area contributed by atoms with Crippen LogP contribution in [0.25, 0.3) is 0 Å². The monoisotopic (exact) mass is 266 g/mol. The molecular formula is C15H26N2O2. The van der Waals surface area contributed by atoms with Crippen LogP contribution in [-0.2, 0) is 16.0 Å². The van der Waals surface area contributed by atoms with Crippen molar-refractivity contribution in [2.45, 2.75) is 65.0 Å². The van der Waals surface area contributed by atoms with Gasteiger partial charge in [-0.2, -0.15) is 5.10 Å². The predicted octanol–water partition coefficient (Wildman–Crippen LogP) is 3.17. The van der Waals surface area contributed by atoms with Crippen molar-refractivity contribution in [1.29, 1.82) is 0 Å². The Morgan fingerprint density at radius 3 is 2.53 bits per heavy atom. The second-order valence-electron chi connectivity index (χ2n) is 5.05. The van der Waals surface area contributed by atoms with Gasteiger partial charge in [0.1, 0.15) is 5.60 Å². The third-order valence-corrected chi connectivity index (χ3v) is 4.09. The van der Waals surface area contributed by atoms with Crippen LogP contribution in [0.1, 0.15) is 58.7 Å². The Morgan fingerprint density at radius 1 is 1.42 bits per heavy atom. The van der Waals surface area contributed by atoms with Gasteiger partial charge in [-0.05, 0) is 32.3 Å². The Hall–Kier alpha value is -1.16. The highest BCUT2D eigenvalue weighted by molar-refractivity contribution is 5.88. The van der Waals surface area contributed by atoms with E-state index in [-0.39, 0.29) is 5.78 Å². The summed E-state index contributed by atoms with van der Waals surface area (Å²) in [4.78, 5) is 12.4. The molecule has 0 fully saturated rings. The second kappa shape index (κ2) is 6.85. The molecule has 4 heteroatoms. The molecule has 0 saturated heterocycles. The average Bonchev–Trinajstić information content (AvgIpc) is 2.89. The smallest absolute Gasteiger partial charge is 0.170 e. The van der Waals surface area contributed by atoms with Crippen LogP contribution in [0.3, 0.4) is 0 Å². The van der Waals surface area contributed by atoms with Crippen molar-refractivity contribution < 1.29 is 9.53 Å². The number of ether oxygens (including phenoxy) is 1. The van der Waals surface area contributed by atoms with Gasteiger partial charge in [-0.15, -0.1) is 0 Å². The van der Waals surface area contributed by atoms with Gasteiger partial charge < -0.3 is 4.74 Å². The molecule has 0 aliphatic heterocycles. The third kappa shape index (κ3) is 3.44. The molecule has 0 aliphatic carbocycles. The SMILES string of the molecule is CCC(C)n1ccc(CC(=O)C(CC)(CC)OC)n1.